The zero-order valence-electron chi connectivity index (χ0n) is 11.5. The Hall–Kier alpha value is -1.26. The van der Waals surface area contributed by atoms with E-state index in [9.17, 15) is 9.59 Å². The quantitative estimate of drug-likeness (QED) is 0.674. The van der Waals surface area contributed by atoms with Gasteiger partial charge in [0.15, 0.2) is 0 Å². The molecule has 2 rings (SSSR count). The molecule has 0 aromatic heterocycles. The van der Waals surface area contributed by atoms with Gasteiger partial charge in [-0.2, -0.15) is 0 Å². The lowest BCUT2D eigenvalue weighted by molar-refractivity contribution is -0.119. The van der Waals surface area contributed by atoms with Crippen molar-refractivity contribution in [2.24, 2.45) is 11.8 Å². The summed E-state index contributed by atoms with van der Waals surface area (Å²) in [5.74, 6) is 0.977. The molecule has 0 bridgehead atoms. The molecule has 2 aliphatic rings. The van der Waals surface area contributed by atoms with Crippen LogP contribution in [0.25, 0.3) is 0 Å². The Labute approximate surface area is 114 Å². The molecule has 1 saturated heterocycles. The van der Waals surface area contributed by atoms with E-state index in [1.807, 2.05) is 0 Å². The van der Waals surface area contributed by atoms with Crippen molar-refractivity contribution in [3.8, 4) is 0 Å². The Balaban J connectivity index is 1.57. The molecule has 2 fully saturated rings. The van der Waals surface area contributed by atoms with Crippen molar-refractivity contribution in [2.75, 3.05) is 19.6 Å². The number of rotatable bonds is 4. The van der Waals surface area contributed by atoms with Gasteiger partial charge < -0.3 is 16.0 Å². The van der Waals surface area contributed by atoms with Crippen LogP contribution in [-0.4, -0.2) is 31.6 Å². The van der Waals surface area contributed by atoms with Crippen molar-refractivity contribution < 1.29 is 9.59 Å². The zero-order valence-corrected chi connectivity index (χ0v) is 11.5. The number of carbonyl (C=O) groups is 2. The van der Waals surface area contributed by atoms with Gasteiger partial charge in [-0.05, 0) is 18.8 Å². The first-order valence-electron chi connectivity index (χ1n) is 7.52. The van der Waals surface area contributed by atoms with Crippen LogP contribution >= 0.6 is 0 Å². The standard InChI is InChI=1S/C14H25N3O2/c18-13-7-12(9-15-13)10-17-14(19)16-8-11-5-3-1-2-4-6-11/h11-12H,1-10H2,(H,15,18)(H2,16,17,19)/t12-/m0/s1. The first-order valence-corrected chi connectivity index (χ1v) is 7.52. The van der Waals surface area contributed by atoms with Crippen LogP contribution in [0.2, 0.25) is 0 Å². The molecule has 1 saturated carbocycles. The fourth-order valence-corrected chi connectivity index (χ4v) is 2.91. The summed E-state index contributed by atoms with van der Waals surface area (Å²) in [7, 11) is 0. The minimum atomic E-state index is -0.0939. The summed E-state index contributed by atoms with van der Waals surface area (Å²) in [6, 6.07) is -0.0939. The Morgan fingerprint density at radius 1 is 1.05 bits per heavy atom. The highest BCUT2D eigenvalue weighted by molar-refractivity contribution is 5.78. The van der Waals surface area contributed by atoms with Gasteiger partial charge in [0.05, 0.1) is 0 Å². The molecule has 0 unspecified atom stereocenters. The van der Waals surface area contributed by atoms with E-state index in [1.54, 1.807) is 0 Å². The minimum absolute atomic E-state index is 0.0886. The second kappa shape index (κ2) is 7.36. The largest absolute Gasteiger partial charge is 0.356 e. The van der Waals surface area contributed by atoms with E-state index in [2.05, 4.69) is 16.0 Å². The summed E-state index contributed by atoms with van der Waals surface area (Å²) in [5, 5.41) is 8.59. The minimum Gasteiger partial charge on any atom is -0.356 e. The predicted octanol–water partition coefficient (Wildman–Crippen LogP) is 1.39. The number of carbonyl (C=O) groups excluding carboxylic acids is 2. The lowest BCUT2D eigenvalue weighted by Crippen LogP contribution is -2.40. The van der Waals surface area contributed by atoms with Crippen molar-refractivity contribution in [2.45, 2.75) is 44.9 Å². The molecule has 19 heavy (non-hydrogen) atoms. The van der Waals surface area contributed by atoms with Crippen LogP contribution in [0.3, 0.4) is 0 Å². The van der Waals surface area contributed by atoms with Gasteiger partial charge in [-0.25, -0.2) is 4.79 Å². The normalized spacial score (nSPS) is 24.6. The monoisotopic (exact) mass is 267 g/mol. The topological polar surface area (TPSA) is 70.2 Å². The van der Waals surface area contributed by atoms with Gasteiger partial charge in [-0.1, -0.05) is 25.7 Å². The maximum absolute atomic E-state index is 11.7. The van der Waals surface area contributed by atoms with Crippen molar-refractivity contribution in [1.29, 1.82) is 0 Å². The Morgan fingerprint density at radius 3 is 2.26 bits per heavy atom. The van der Waals surface area contributed by atoms with Gasteiger partial charge in [0, 0.05) is 32.0 Å². The summed E-state index contributed by atoms with van der Waals surface area (Å²) >= 11 is 0. The predicted molar refractivity (Wildman–Crippen MR) is 73.7 cm³/mol. The summed E-state index contributed by atoms with van der Waals surface area (Å²) in [4.78, 5) is 22.7. The molecule has 108 valence electrons. The van der Waals surface area contributed by atoms with Gasteiger partial charge in [-0.3, -0.25) is 4.79 Å². The molecule has 0 spiro atoms. The van der Waals surface area contributed by atoms with Crippen LogP contribution in [-0.2, 0) is 4.79 Å². The highest BCUT2D eigenvalue weighted by atomic mass is 16.2. The van der Waals surface area contributed by atoms with Gasteiger partial charge in [0.25, 0.3) is 0 Å². The molecule has 1 aliphatic heterocycles. The van der Waals surface area contributed by atoms with E-state index < -0.39 is 0 Å². The molecule has 5 heteroatoms. The van der Waals surface area contributed by atoms with Crippen LogP contribution in [0.4, 0.5) is 4.79 Å². The number of hydrogen-bond donors (Lipinski definition) is 3. The number of amides is 3. The smallest absolute Gasteiger partial charge is 0.314 e. The molecule has 0 aromatic rings. The first-order chi connectivity index (χ1) is 9.24. The fraction of sp³-hybridized carbons (Fsp3) is 0.857. The highest BCUT2D eigenvalue weighted by Crippen LogP contribution is 2.21. The van der Waals surface area contributed by atoms with E-state index >= 15 is 0 Å². The van der Waals surface area contributed by atoms with Gasteiger partial charge >= 0.3 is 6.03 Å². The van der Waals surface area contributed by atoms with Crippen LogP contribution in [0.1, 0.15) is 44.9 Å². The third-order valence-electron chi connectivity index (χ3n) is 4.14. The van der Waals surface area contributed by atoms with E-state index in [0.717, 1.165) is 6.54 Å². The third-order valence-corrected chi connectivity index (χ3v) is 4.14. The molecule has 3 N–H and O–H groups in total. The lowest BCUT2D eigenvalue weighted by atomic mass is 10.0. The van der Waals surface area contributed by atoms with E-state index in [4.69, 9.17) is 0 Å². The number of hydrogen-bond acceptors (Lipinski definition) is 2. The second-order valence-electron chi connectivity index (χ2n) is 5.82. The molecular formula is C14H25N3O2. The number of urea groups is 1. The van der Waals surface area contributed by atoms with Crippen LogP contribution < -0.4 is 16.0 Å². The second-order valence-corrected chi connectivity index (χ2v) is 5.82. The van der Waals surface area contributed by atoms with E-state index in [1.165, 1.54) is 38.5 Å². The van der Waals surface area contributed by atoms with Crippen molar-refractivity contribution in [1.82, 2.24) is 16.0 Å². The maximum Gasteiger partial charge on any atom is 0.314 e. The van der Waals surface area contributed by atoms with Crippen LogP contribution in [0.5, 0.6) is 0 Å². The van der Waals surface area contributed by atoms with Gasteiger partial charge in [-0.15, -0.1) is 0 Å². The Bertz CT molecular complexity index is 312. The summed E-state index contributed by atoms with van der Waals surface area (Å²) in [6.07, 6.45) is 8.27. The average Bonchev–Trinajstić information content (AvgIpc) is 2.66. The van der Waals surface area contributed by atoms with Crippen molar-refractivity contribution in [3.63, 3.8) is 0 Å². The van der Waals surface area contributed by atoms with E-state index in [0.29, 0.717) is 25.4 Å². The lowest BCUT2D eigenvalue weighted by Gasteiger charge is -2.16. The molecule has 1 aliphatic carbocycles. The highest BCUT2D eigenvalue weighted by Gasteiger charge is 2.21. The molecular weight excluding hydrogens is 242 g/mol. The van der Waals surface area contributed by atoms with Crippen molar-refractivity contribution in [3.05, 3.63) is 0 Å². The molecule has 1 atom stereocenters. The number of nitrogens with one attached hydrogen (secondary N) is 3. The summed E-state index contributed by atoms with van der Waals surface area (Å²) in [5.41, 5.74) is 0. The third kappa shape index (κ3) is 5.09. The summed E-state index contributed by atoms with van der Waals surface area (Å²) in [6.45, 7) is 2.05. The molecule has 5 nitrogen and oxygen atoms in total. The van der Waals surface area contributed by atoms with Gasteiger partial charge in [0.1, 0.15) is 0 Å². The van der Waals surface area contributed by atoms with E-state index in [-0.39, 0.29) is 17.9 Å². The first kappa shape index (κ1) is 14.2. The summed E-state index contributed by atoms with van der Waals surface area (Å²) < 4.78 is 0. The molecule has 0 radical (unpaired) electrons. The fourth-order valence-electron chi connectivity index (χ4n) is 2.91. The zero-order chi connectivity index (χ0) is 13.5. The maximum atomic E-state index is 11.7. The molecule has 3 amide bonds. The Morgan fingerprint density at radius 2 is 1.68 bits per heavy atom. The van der Waals surface area contributed by atoms with Crippen LogP contribution in [0.15, 0.2) is 0 Å². The van der Waals surface area contributed by atoms with Crippen LogP contribution in [0, 0.1) is 11.8 Å². The van der Waals surface area contributed by atoms with Crippen molar-refractivity contribution >= 4 is 11.9 Å². The SMILES string of the molecule is O=C1C[C@H](CNC(=O)NCC2CCCCCC2)CN1. The average molecular weight is 267 g/mol. The molecule has 1 heterocycles. The Kier molecular flexibility index (Phi) is 5.48. The van der Waals surface area contributed by atoms with Gasteiger partial charge in [0.2, 0.25) is 5.91 Å². The molecule has 0 aromatic carbocycles.